The Labute approximate surface area is 117 Å². The van der Waals surface area contributed by atoms with E-state index in [4.69, 9.17) is 26.8 Å². The van der Waals surface area contributed by atoms with Crippen LogP contribution in [0.15, 0.2) is 36.7 Å². The highest BCUT2D eigenvalue weighted by Crippen LogP contribution is 2.34. The summed E-state index contributed by atoms with van der Waals surface area (Å²) in [5.41, 5.74) is 6.48. The molecule has 1 aromatic carbocycles. The molecule has 19 heavy (non-hydrogen) atoms. The average molecular weight is 279 g/mol. The van der Waals surface area contributed by atoms with Crippen LogP contribution >= 0.6 is 11.6 Å². The van der Waals surface area contributed by atoms with Gasteiger partial charge in [0.25, 0.3) is 0 Å². The number of rotatable bonds is 5. The van der Waals surface area contributed by atoms with E-state index < -0.39 is 0 Å². The van der Waals surface area contributed by atoms with Crippen LogP contribution in [-0.4, -0.2) is 11.6 Å². The first kappa shape index (κ1) is 13.5. The molecule has 0 aliphatic carbocycles. The zero-order valence-corrected chi connectivity index (χ0v) is 11.4. The van der Waals surface area contributed by atoms with Gasteiger partial charge in [0.2, 0.25) is 0 Å². The Morgan fingerprint density at radius 3 is 2.79 bits per heavy atom. The standard InChI is InChI=1S/C14H15ClN2O2/c1-2-6-18-12-4-3-5-13(14(12)16)19-11-7-10(15)8-17-9-11/h3-5,7-9H,2,6,16H2,1H3. The highest BCUT2D eigenvalue weighted by Gasteiger charge is 2.08. The number of nitrogens with two attached hydrogens (primary N) is 1. The molecule has 0 saturated heterocycles. The molecule has 0 aliphatic heterocycles. The van der Waals surface area contributed by atoms with E-state index in [0.29, 0.717) is 34.6 Å². The second-order valence-electron chi connectivity index (χ2n) is 3.96. The minimum Gasteiger partial charge on any atom is -0.491 e. The normalized spacial score (nSPS) is 10.2. The third-order valence-electron chi connectivity index (χ3n) is 2.40. The maximum atomic E-state index is 6.01. The number of pyridine rings is 1. The number of para-hydroxylation sites is 1. The van der Waals surface area contributed by atoms with E-state index >= 15 is 0 Å². The predicted molar refractivity (Wildman–Crippen MR) is 76.0 cm³/mol. The molecule has 100 valence electrons. The van der Waals surface area contributed by atoms with Crippen LogP contribution in [0.5, 0.6) is 17.2 Å². The first-order valence-corrected chi connectivity index (χ1v) is 6.38. The van der Waals surface area contributed by atoms with E-state index in [1.54, 1.807) is 24.5 Å². The first-order valence-electron chi connectivity index (χ1n) is 6.00. The molecule has 0 bridgehead atoms. The number of nitrogen functional groups attached to an aromatic ring is 1. The zero-order valence-electron chi connectivity index (χ0n) is 10.6. The maximum Gasteiger partial charge on any atom is 0.154 e. The van der Waals surface area contributed by atoms with Crippen molar-refractivity contribution < 1.29 is 9.47 Å². The summed E-state index contributed by atoms with van der Waals surface area (Å²) in [5.74, 6) is 1.68. The van der Waals surface area contributed by atoms with E-state index in [1.165, 1.54) is 0 Å². The third kappa shape index (κ3) is 3.51. The number of halogens is 1. The fraction of sp³-hybridized carbons (Fsp3) is 0.214. The number of hydrogen-bond acceptors (Lipinski definition) is 4. The molecular formula is C14H15ClN2O2. The number of benzene rings is 1. The molecule has 1 heterocycles. The van der Waals surface area contributed by atoms with Crippen molar-refractivity contribution in [2.45, 2.75) is 13.3 Å². The molecule has 0 atom stereocenters. The van der Waals surface area contributed by atoms with E-state index in [2.05, 4.69) is 4.98 Å². The molecule has 0 unspecified atom stereocenters. The molecule has 0 spiro atoms. The first-order chi connectivity index (χ1) is 9.20. The minimum absolute atomic E-state index is 0.468. The van der Waals surface area contributed by atoms with Crippen LogP contribution in [-0.2, 0) is 0 Å². The van der Waals surface area contributed by atoms with Crippen LogP contribution in [0.4, 0.5) is 5.69 Å². The average Bonchev–Trinajstić information content (AvgIpc) is 2.40. The van der Waals surface area contributed by atoms with Gasteiger partial charge in [-0.25, -0.2) is 0 Å². The minimum atomic E-state index is 0.468. The molecule has 5 heteroatoms. The van der Waals surface area contributed by atoms with E-state index in [0.717, 1.165) is 6.42 Å². The summed E-state index contributed by atoms with van der Waals surface area (Å²) in [6.07, 6.45) is 4.03. The Bertz CT molecular complexity index is 561. The smallest absolute Gasteiger partial charge is 0.154 e. The van der Waals surface area contributed by atoms with Crippen molar-refractivity contribution >= 4 is 17.3 Å². The molecule has 2 aromatic rings. The third-order valence-corrected chi connectivity index (χ3v) is 2.60. The summed E-state index contributed by atoms with van der Waals surface area (Å²) in [7, 11) is 0. The Morgan fingerprint density at radius 1 is 1.26 bits per heavy atom. The van der Waals surface area contributed by atoms with E-state index in [9.17, 15) is 0 Å². The van der Waals surface area contributed by atoms with Gasteiger partial charge in [0, 0.05) is 12.3 Å². The summed E-state index contributed by atoms with van der Waals surface area (Å²) in [6, 6.07) is 7.09. The monoisotopic (exact) mass is 278 g/mol. The number of ether oxygens (including phenoxy) is 2. The van der Waals surface area contributed by atoms with E-state index in [-0.39, 0.29) is 0 Å². The van der Waals surface area contributed by atoms with Crippen molar-refractivity contribution in [3.8, 4) is 17.2 Å². The summed E-state index contributed by atoms with van der Waals surface area (Å²) >= 11 is 5.85. The van der Waals surface area contributed by atoms with Gasteiger partial charge in [-0.3, -0.25) is 4.98 Å². The van der Waals surface area contributed by atoms with Crippen molar-refractivity contribution in [1.29, 1.82) is 0 Å². The number of hydrogen-bond donors (Lipinski definition) is 1. The molecule has 0 saturated carbocycles. The molecule has 0 fully saturated rings. The van der Waals surface area contributed by atoms with Crippen LogP contribution in [0.2, 0.25) is 5.02 Å². The summed E-state index contributed by atoms with van der Waals surface area (Å²) in [5, 5.41) is 0.509. The predicted octanol–water partition coefficient (Wildman–Crippen LogP) is 3.90. The Morgan fingerprint density at radius 2 is 2.05 bits per heavy atom. The lowest BCUT2D eigenvalue weighted by atomic mass is 10.2. The highest BCUT2D eigenvalue weighted by atomic mass is 35.5. The second kappa shape index (κ2) is 6.29. The Kier molecular flexibility index (Phi) is 4.47. The van der Waals surface area contributed by atoms with Crippen molar-refractivity contribution in [1.82, 2.24) is 4.98 Å². The molecule has 0 amide bonds. The molecular weight excluding hydrogens is 264 g/mol. The lowest BCUT2D eigenvalue weighted by molar-refractivity contribution is 0.318. The SMILES string of the molecule is CCCOc1cccc(Oc2cncc(Cl)c2)c1N. The van der Waals surface area contributed by atoms with Gasteiger partial charge in [-0.05, 0) is 18.6 Å². The Hall–Kier alpha value is -1.94. The fourth-order valence-corrected chi connectivity index (χ4v) is 1.69. The van der Waals surface area contributed by atoms with Gasteiger partial charge in [0.1, 0.15) is 17.2 Å². The number of nitrogens with zero attached hydrogens (tertiary/aromatic N) is 1. The molecule has 2 rings (SSSR count). The van der Waals surface area contributed by atoms with Crippen molar-refractivity contribution in [3.63, 3.8) is 0 Å². The molecule has 0 aliphatic rings. The van der Waals surface area contributed by atoms with Crippen LogP contribution in [0.3, 0.4) is 0 Å². The van der Waals surface area contributed by atoms with Crippen LogP contribution in [0, 0.1) is 0 Å². The van der Waals surface area contributed by atoms with Gasteiger partial charge in [0.15, 0.2) is 5.75 Å². The topological polar surface area (TPSA) is 57.4 Å². The molecule has 2 N–H and O–H groups in total. The second-order valence-corrected chi connectivity index (χ2v) is 4.39. The van der Waals surface area contributed by atoms with Crippen molar-refractivity contribution in [3.05, 3.63) is 41.7 Å². The Balaban J connectivity index is 2.20. The largest absolute Gasteiger partial charge is 0.491 e. The van der Waals surface area contributed by atoms with Gasteiger partial charge >= 0.3 is 0 Å². The molecule has 1 aromatic heterocycles. The van der Waals surface area contributed by atoms with Gasteiger partial charge in [-0.2, -0.15) is 0 Å². The summed E-state index contributed by atoms with van der Waals surface area (Å²) in [4.78, 5) is 3.95. The van der Waals surface area contributed by atoms with Gasteiger partial charge < -0.3 is 15.2 Å². The van der Waals surface area contributed by atoms with Crippen molar-refractivity contribution in [2.24, 2.45) is 0 Å². The summed E-state index contributed by atoms with van der Waals surface area (Å²) < 4.78 is 11.2. The fourth-order valence-electron chi connectivity index (χ4n) is 1.53. The summed E-state index contributed by atoms with van der Waals surface area (Å²) in [6.45, 7) is 2.65. The quantitative estimate of drug-likeness (QED) is 0.843. The van der Waals surface area contributed by atoms with Crippen molar-refractivity contribution in [2.75, 3.05) is 12.3 Å². The number of aromatic nitrogens is 1. The van der Waals surface area contributed by atoms with Crippen LogP contribution < -0.4 is 15.2 Å². The molecule has 4 nitrogen and oxygen atoms in total. The van der Waals surface area contributed by atoms with Crippen LogP contribution in [0.25, 0.3) is 0 Å². The van der Waals surface area contributed by atoms with Gasteiger partial charge in [0.05, 0.1) is 17.8 Å². The van der Waals surface area contributed by atoms with Gasteiger partial charge in [-0.1, -0.05) is 24.6 Å². The van der Waals surface area contributed by atoms with Gasteiger partial charge in [-0.15, -0.1) is 0 Å². The maximum absolute atomic E-state index is 6.01. The zero-order chi connectivity index (χ0) is 13.7. The lowest BCUT2D eigenvalue weighted by Crippen LogP contribution is -2.00. The molecule has 0 radical (unpaired) electrons. The van der Waals surface area contributed by atoms with Crippen LogP contribution in [0.1, 0.15) is 13.3 Å². The lowest BCUT2D eigenvalue weighted by Gasteiger charge is -2.12. The highest BCUT2D eigenvalue weighted by molar-refractivity contribution is 6.30. The van der Waals surface area contributed by atoms with E-state index in [1.807, 2.05) is 19.1 Å². The number of anilines is 1.